The molecule has 8 heteroatoms. The highest BCUT2D eigenvalue weighted by Crippen LogP contribution is 2.24. The second-order valence-electron chi connectivity index (χ2n) is 6.93. The Labute approximate surface area is 207 Å². The molecule has 172 valence electrons. The first kappa shape index (κ1) is 24.5. The number of carbonyl (C=O) groups is 1. The van der Waals surface area contributed by atoms with E-state index in [0.29, 0.717) is 42.6 Å². The number of para-hydroxylation sites is 1. The van der Waals surface area contributed by atoms with E-state index in [4.69, 9.17) is 26.4 Å². The number of anilines is 1. The Morgan fingerprint density at radius 3 is 2.36 bits per heavy atom. The second kappa shape index (κ2) is 12.8. The molecule has 0 aliphatic rings. The van der Waals surface area contributed by atoms with E-state index >= 15 is 0 Å². The quantitative estimate of drug-likeness (QED) is 0.255. The van der Waals surface area contributed by atoms with Gasteiger partial charge in [0, 0.05) is 16.2 Å². The standard InChI is InChI=1S/C25H25BrN2O4S/c1-2-13-32-23-12-11-18(26)16-22(23)24(29)28-25(33)27-19-7-6-10-21(17-19)31-15-14-30-20-8-4-3-5-9-20/h3-12,16-17H,2,13-15H2,1H3,(H2,27,28,29,33). The van der Waals surface area contributed by atoms with E-state index in [1.54, 1.807) is 18.2 Å². The third kappa shape index (κ3) is 8.07. The van der Waals surface area contributed by atoms with Crippen molar-refractivity contribution in [3.05, 3.63) is 82.8 Å². The lowest BCUT2D eigenvalue weighted by atomic mass is 10.2. The second-order valence-corrected chi connectivity index (χ2v) is 8.26. The normalized spacial score (nSPS) is 10.2. The van der Waals surface area contributed by atoms with Gasteiger partial charge in [0.2, 0.25) is 0 Å². The van der Waals surface area contributed by atoms with Gasteiger partial charge in [-0.05, 0) is 61.1 Å². The monoisotopic (exact) mass is 528 g/mol. The molecular formula is C25H25BrN2O4S. The van der Waals surface area contributed by atoms with Crippen molar-refractivity contribution in [1.82, 2.24) is 5.32 Å². The first-order valence-electron chi connectivity index (χ1n) is 10.5. The number of hydrogen-bond donors (Lipinski definition) is 2. The highest BCUT2D eigenvalue weighted by molar-refractivity contribution is 9.10. The Balaban J connectivity index is 1.52. The highest BCUT2D eigenvalue weighted by Gasteiger charge is 2.15. The number of halogens is 1. The number of hydrogen-bond acceptors (Lipinski definition) is 5. The van der Waals surface area contributed by atoms with Crippen molar-refractivity contribution < 1.29 is 19.0 Å². The molecule has 2 N–H and O–H groups in total. The zero-order valence-corrected chi connectivity index (χ0v) is 20.6. The SMILES string of the molecule is CCCOc1ccc(Br)cc1C(=O)NC(=S)Nc1cccc(OCCOc2ccccc2)c1. The van der Waals surface area contributed by atoms with Gasteiger partial charge in [-0.15, -0.1) is 0 Å². The molecule has 0 saturated heterocycles. The van der Waals surface area contributed by atoms with Crippen LogP contribution in [0.15, 0.2) is 77.3 Å². The summed E-state index contributed by atoms with van der Waals surface area (Å²) >= 11 is 8.72. The molecule has 0 atom stereocenters. The van der Waals surface area contributed by atoms with Gasteiger partial charge in [0.1, 0.15) is 30.5 Å². The van der Waals surface area contributed by atoms with Crippen molar-refractivity contribution in [2.75, 3.05) is 25.1 Å². The number of benzene rings is 3. The lowest BCUT2D eigenvalue weighted by molar-refractivity contribution is 0.0973. The largest absolute Gasteiger partial charge is 0.493 e. The van der Waals surface area contributed by atoms with Crippen LogP contribution in [-0.4, -0.2) is 30.8 Å². The van der Waals surface area contributed by atoms with E-state index < -0.39 is 0 Å². The van der Waals surface area contributed by atoms with Crippen molar-refractivity contribution in [1.29, 1.82) is 0 Å². The number of rotatable bonds is 10. The smallest absolute Gasteiger partial charge is 0.261 e. The molecule has 33 heavy (non-hydrogen) atoms. The molecule has 3 aromatic carbocycles. The van der Waals surface area contributed by atoms with Gasteiger partial charge in [0.05, 0.1) is 12.2 Å². The minimum absolute atomic E-state index is 0.172. The Morgan fingerprint density at radius 2 is 1.61 bits per heavy atom. The average molecular weight is 529 g/mol. The topological polar surface area (TPSA) is 68.8 Å². The summed E-state index contributed by atoms with van der Waals surface area (Å²) in [6.07, 6.45) is 0.841. The lowest BCUT2D eigenvalue weighted by Crippen LogP contribution is -2.34. The van der Waals surface area contributed by atoms with Gasteiger partial charge in [0.15, 0.2) is 5.11 Å². The summed E-state index contributed by atoms with van der Waals surface area (Å²) in [7, 11) is 0. The van der Waals surface area contributed by atoms with Crippen LogP contribution in [0.4, 0.5) is 5.69 Å². The molecule has 0 aliphatic heterocycles. The summed E-state index contributed by atoms with van der Waals surface area (Å²) in [4.78, 5) is 12.8. The number of ether oxygens (including phenoxy) is 3. The molecule has 0 saturated carbocycles. The molecule has 0 aliphatic carbocycles. The number of thiocarbonyl (C=S) groups is 1. The fourth-order valence-corrected chi connectivity index (χ4v) is 3.42. The highest BCUT2D eigenvalue weighted by atomic mass is 79.9. The number of carbonyl (C=O) groups excluding carboxylic acids is 1. The van der Waals surface area contributed by atoms with Gasteiger partial charge >= 0.3 is 0 Å². The molecule has 0 spiro atoms. The van der Waals surface area contributed by atoms with Crippen molar-refractivity contribution in [2.45, 2.75) is 13.3 Å². The summed E-state index contributed by atoms with van der Waals surface area (Å²) in [6.45, 7) is 3.34. The molecule has 3 rings (SSSR count). The molecule has 3 aromatic rings. The van der Waals surface area contributed by atoms with Gasteiger partial charge in [-0.3, -0.25) is 10.1 Å². The molecule has 6 nitrogen and oxygen atoms in total. The van der Waals surface area contributed by atoms with Gasteiger partial charge < -0.3 is 19.5 Å². The molecule has 0 bridgehead atoms. The zero-order chi connectivity index (χ0) is 23.5. The maximum atomic E-state index is 12.8. The van der Waals surface area contributed by atoms with Gasteiger partial charge in [-0.1, -0.05) is 47.1 Å². The summed E-state index contributed by atoms with van der Waals surface area (Å²) in [5.74, 6) is 1.61. The van der Waals surface area contributed by atoms with Crippen molar-refractivity contribution >= 4 is 44.9 Å². The molecule has 1 amide bonds. The minimum atomic E-state index is -0.356. The molecule has 0 heterocycles. The Bertz CT molecular complexity index is 1080. The van der Waals surface area contributed by atoms with Crippen LogP contribution >= 0.6 is 28.1 Å². The maximum Gasteiger partial charge on any atom is 0.261 e. The van der Waals surface area contributed by atoms with E-state index in [2.05, 4.69) is 26.6 Å². The number of nitrogens with one attached hydrogen (secondary N) is 2. The summed E-state index contributed by atoms with van der Waals surface area (Å²) in [5.41, 5.74) is 1.09. The number of amides is 1. The summed E-state index contributed by atoms with van der Waals surface area (Å²) in [5, 5.41) is 5.88. The molecule has 0 unspecified atom stereocenters. The van der Waals surface area contributed by atoms with Crippen LogP contribution in [0.2, 0.25) is 0 Å². The van der Waals surface area contributed by atoms with Crippen molar-refractivity contribution in [2.24, 2.45) is 0 Å². The lowest BCUT2D eigenvalue weighted by Gasteiger charge is -2.14. The summed E-state index contributed by atoms with van der Waals surface area (Å²) < 4.78 is 17.8. The fraction of sp³-hybridized carbons (Fsp3) is 0.200. The fourth-order valence-electron chi connectivity index (χ4n) is 2.85. The van der Waals surface area contributed by atoms with Gasteiger partial charge in [-0.2, -0.15) is 0 Å². The molecular weight excluding hydrogens is 504 g/mol. The first-order chi connectivity index (χ1) is 16.0. The molecule has 0 aromatic heterocycles. The average Bonchev–Trinajstić information content (AvgIpc) is 2.82. The van der Waals surface area contributed by atoms with Crippen molar-refractivity contribution in [3.8, 4) is 17.2 Å². The third-order valence-corrected chi connectivity index (χ3v) is 5.03. The predicted molar refractivity (Wildman–Crippen MR) is 137 cm³/mol. The van der Waals surface area contributed by atoms with E-state index in [9.17, 15) is 4.79 Å². The minimum Gasteiger partial charge on any atom is -0.493 e. The van der Waals surface area contributed by atoms with Crippen LogP contribution in [0.5, 0.6) is 17.2 Å². The van der Waals surface area contributed by atoms with Crippen LogP contribution in [0.25, 0.3) is 0 Å². The van der Waals surface area contributed by atoms with Crippen LogP contribution in [0.3, 0.4) is 0 Å². The van der Waals surface area contributed by atoms with E-state index in [-0.39, 0.29) is 11.0 Å². The van der Waals surface area contributed by atoms with Crippen LogP contribution in [-0.2, 0) is 0 Å². The van der Waals surface area contributed by atoms with Gasteiger partial charge in [-0.25, -0.2) is 0 Å². The maximum absolute atomic E-state index is 12.8. The summed E-state index contributed by atoms with van der Waals surface area (Å²) in [6, 6.07) is 22.2. The van der Waals surface area contributed by atoms with E-state index in [1.807, 2.05) is 61.5 Å². The Kier molecular flexibility index (Phi) is 9.53. The van der Waals surface area contributed by atoms with Crippen LogP contribution in [0, 0.1) is 0 Å². The Hall–Kier alpha value is -3.10. The zero-order valence-electron chi connectivity index (χ0n) is 18.2. The van der Waals surface area contributed by atoms with E-state index in [0.717, 1.165) is 16.6 Å². The third-order valence-electron chi connectivity index (χ3n) is 4.33. The first-order valence-corrected chi connectivity index (χ1v) is 11.7. The van der Waals surface area contributed by atoms with E-state index in [1.165, 1.54) is 0 Å². The van der Waals surface area contributed by atoms with Crippen LogP contribution < -0.4 is 24.8 Å². The predicted octanol–water partition coefficient (Wildman–Crippen LogP) is 5.82. The molecule has 0 radical (unpaired) electrons. The van der Waals surface area contributed by atoms with Gasteiger partial charge in [0.25, 0.3) is 5.91 Å². The van der Waals surface area contributed by atoms with Crippen molar-refractivity contribution in [3.63, 3.8) is 0 Å². The molecule has 0 fully saturated rings. The van der Waals surface area contributed by atoms with Crippen LogP contribution in [0.1, 0.15) is 23.7 Å². The Morgan fingerprint density at radius 1 is 0.879 bits per heavy atom.